The van der Waals surface area contributed by atoms with Gasteiger partial charge >= 0.3 is 0 Å². The first-order valence-corrected chi connectivity index (χ1v) is 6.17. The average Bonchev–Trinajstić information content (AvgIpc) is 2.77. The van der Waals surface area contributed by atoms with Crippen molar-refractivity contribution in [1.29, 1.82) is 0 Å². The van der Waals surface area contributed by atoms with E-state index in [-0.39, 0.29) is 5.69 Å². The molecule has 0 radical (unpaired) electrons. The number of aryl methyl sites for hydroxylation is 2. The molecule has 20 heavy (non-hydrogen) atoms. The van der Waals surface area contributed by atoms with Crippen LogP contribution in [0.4, 0.5) is 0 Å². The summed E-state index contributed by atoms with van der Waals surface area (Å²) in [5.74, 6) is -0.605. The lowest BCUT2D eigenvalue weighted by Gasteiger charge is -2.03. The molecule has 3 aromatic rings. The highest BCUT2D eigenvalue weighted by molar-refractivity contribution is 5.92. The quantitative estimate of drug-likeness (QED) is 0.762. The second-order valence-electron chi connectivity index (χ2n) is 4.56. The Labute approximate surface area is 115 Å². The van der Waals surface area contributed by atoms with Gasteiger partial charge in [-0.05, 0) is 19.4 Å². The van der Waals surface area contributed by atoms with Crippen LogP contribution in [0.2, 0.25) is 0 Å². The van der Waals surface area contributed by atoms with Crippen molar-refractivity contribution in [2.75, 3.05) is 0 Å². The lowest BCUT2D eigenvalue weighted by molar-refractivity contribution is 0.0993. The molecule has 0 unspecified atom stereocenters. The van der Waals surface area contributed by atoms with E-state index in [1.807, 2.05) is 37.3 Å². The van der Waals surface area contributed by atoms with E-state index in [1.54, 1.807) is 11.4 Å². The van der Waals surface area contributed by atoms with Gasteiger partial charge in [-0.2, -0.15) is 5.10 Å². The largest absolute Gasteiger partial charge is 0.364 e. The molecular weight excluding hydrogens is 254 g/mol. The normalized spacial score (nSPS) is 10.9. The van der Waals surface area contributed by atoms with Gasteiger partial charge in [-0.1, -0.05) is 30.3 Å². The molecule has 0 bridgehead atoms. The molecule has 0 aliphatic carbocycles. The van der Waals surface area contributed by atoms with E-state index in [1.165, 1.54) is 0 Å². The number of carbonyl (C=O) groups excluding carboxylic acids is 1. The molecule has 100 valence electrons. The van der Waals surface area contributed by atoms with Gasteiger partial charge in [0.15, 0.2) is 11.3 Å². The Morgan fingerprint density at radius 3 is 2.50 bits per heavy atom. The minimum Gasteiger partial charge on any atom is -0.364 e. The van der Waals surface area contributed by atoms with Gasteiger partial charge in [-0.25, -0.2) is 4.52 Å². The van der Waals surface area contributed by atoms with Crippen LogP contribution >= 0.6 is 0 Å². The molecule has 0 atom stereocenters. The molecule has 6 heteroatoms. The van der Waals surface area contributed by atoms with E-state index >= 15 is 0 Å². The lowest BCUT2D eigenvalue weighted by Crippen LogP contribution is -2.18. The van der Waals surface area contributed by atoms with E-state index in [2.05, 4.69) is 15.3 Å². The van der Waals surface area contributed by atoms with Crippen LogP contribution in [0, 0.1) is 13.8 Å². The highest BCUT2D eigenvalue weighted by Gasteiger charge is 2.18. The van der Waals surface area contributed by atoms with Gasteiger partial charge in [0.25, 0.3) is 5.91 Å². The van der Waals surface area contributed by atoms with Crippen molar-refractivity contribution in [2.45, 2.75) is 13.8 Å². The molecule has 0 fully saturated rings. The first-order chi connectivity index (χ1) is 9.59. The van der Waals surface area contributed by atoms with Crippen LogP contribution in [0.3, 0.4) is 0 Å². The van der Waals surface area contributed by atoms with Gasteiger partial charge in [0.1, 0.15) is 0 Å². The summed E-state index contributed by atoms with van der Waals surface area (Å²) in [5.41, 5.74) is 9.39. The van der Waals surface area contributed by atoms with Crippen LogP contribution in [-0.4, -0.2) is 25.7 Å². The van der Waals surface area contributed by atoms with Crippen molar-refractivity contribution < 1.29 is 4.79 Å². The fourth-order valence-corrected chi connectivity index (χ4v) is 2.28. The van der Waals surface area contributed by atoms with Crippen LogP contribution in [0.5, 0.6) is 0 Å². The van der Waals surface area contributed by atoms with E-state index in [9.17, 15) is 4.79 Å². The molecule has 0 saturated heterocycles. The van der Waals surface area contributed by atoms with Gasteiger partial charge in [-0.15, -0.1) is 10.2 Å². The van der Waals surface area contributed by atoms with E-state index < -0.39 is 5.91 Å². The Balaban J connectivity index is 2.34. The van der Waals surface area contributed by atoms with E-state index in [0.717, 1.165) is 16.8 Å². The average molecular weight is 267 g/mol. The third kappa shape index (κ3) is 1.73. The molecule has 2 aromatic heterocycles. The molecule has 2 heterocycles. The van der Waals surface area contributed by atoms with Crippen LogP contribution in [0.15, 0.2) is 30.3 Å². The molecule has 0 spiro atoms. The maximum Gasteiger partial charge on any atom is 0.271 e. The number of nitrogens with two attached hydrogens (primary N) is 1. The van der Waals surface area contributed by atoms with Gasteiger partial charge in [0, 0.05) is 0 Å². The summed E-state index contributed by atoms with van der Waals surface area (Å²) >= 11 is 0. The van der Waals surface area contributed by atoms with Crippen molar-refractivity contribution >= 4 is 11.6 Å². The maximum absolute atomic E-state index is 11.3. The first-order valence-electron chi connectivity index (χ1n) is 6.17. The fourth-order valence-electron chi connectivity index (χ4n) is 2.28. The number of benzene rings is 1. The van der Waals surface area contributed by atoms with Gasteiger partial charge in [0.2, 0.25) is 0 Å². The number of nitrogens with zero attached hydrogens (tertiary/aromatic N) is 4. The van der Waals surface area contributed by atoms with Crippen molar-refractivity contribution in [1.82, 2.24) is 19.8 Å². The van der Waals surface area contributed by atoms with Crippen LogP contribution < -0.4 is 5.73 Å². The summed E-state index contributed by atoms with van der Waals surface area (Å²) in [6.07, 6.45) is 0. The molecular formula is C14H13N5O. The summed E-state index contributed by atoms with van der Waals surface area (Å²) in [4.78, 5) is 11.3. The topological polar surface area (TPSA) is 86.2 Å². The van der Waals surface area contributed by atoms with Crippen molar-refractivity contribution in [3.05, 3.63) is 47.4 Å². The summed E-state index contributed by atoms with van der Waals surface area (Å²) in [6.45, 7) is 3.66. The Morgan fingerprint density at radius 2 is 1.85 bits per heavy atom. The fraction of sp³-hybridized carbons (Fsp3) is 0.143. The Morgan fingerprint density at radius 1 is 1.15 bits per heavy atom. The number of hydrogen-bond acceptors (Lipinski definition) is 4. The number of primary amides is 1. The SMILES string of the molecule is Cc1nn2c(C)c(C(N)=O)nnc2c1-c1ccccc1. The maximum atomic E-state index is 11.3. The van der Waals surface area contributed by atoms with Crippen molar-refractivity contribution in [3.63, 3.8) is 0 Å². The third-order valence-electron chi connectivity index (χ3n) is 3.24. The third-order valence-corrected chi connectivity index (χ3v) is 3.24. The molecule has 0 saturated carbocycles. The zero-order chi connectivity index (χ0) is 14.3. The Kier molecular flexibility index (Phi) is 2.71. The monoisotopic (exact) mass is 267 g/mol. The minimum absolute atomic E-state index is 0.139. The molecule has 1 amide bonds. The number of aromatic nitrogens is 4. The first kappa shape index (κ1) is 12.3. The smallest absolute Gasteiger partial charge is 0.271 e. The zero-order valence-corrected chi connectivity index (χ0v) is 11.2. The summed E-state index contributed by atoms with van der Waals surface area (Å²) in [5, 5.41) is 12.5. The number of hydrogen-bond donors (Lipinski definition) is 1. The molecule has 6 nitrogen and oxygen atoms in total. The van der Waals surface area contributed by atoms with Crippen LogP contribution in [0.25, 0.3) is 16.8 Å². The highest BCUT2D eigenvalue weighted by Crippen LogP contribution is 2.27. The van der Waals surface area contributed by atoms with Crippen LogP contribution in [0.1, 0.15) is 21.9 Å². The summed E-state index contributed by atoms with van der Waals surface area (Å²) < 4.78 is 1.62. The molecule has 0 aliphatic heterocycles. The van der Waals surface area contributed by atoms with Gasteiger partial charge in [0.05, 0.1) is 17.0 Å². The molecule has 1 aromatic carbocycles. The second-order valence-corrected chi connectivity index (χ2v) is 4.56. The summed E-state index contributed by atoms with van der Waals surface area (Å²) in [6, 6.07) is 9.84. The number of fused-ring (bicyclic) bond motifs is 1. The zero-order valence-electron chi connectivity index (χ0n) is 11.2. The molecule has 0 aliphatic rings. The number of rotatable bonds is 2. The Bertz CT molecular complexity index is 807. The minimum atomic E-state index is -0.605. The van der Waals surface area contributed by atoms with Crippen LogP contribution in [-0.2, 0) is 0 Å². The molecule has 3 rings (SSSR count). The van der Waals surface area contributed by atoms with Crippen molar-refractivity contribution in [3.8, 4) is 11.1 Å². The predicted octanol–water partition coefficient (Wildman–Crippen LogP) is 1.51. The standard InChI is InChI=1S/C14H13N5O/c1-8-11(10-6-4-3-5-7-10)14-17-16-12(13(15)20)9(2)19(14)18-8/h3-7H,1-2H3,(H2,15,20). The highest BCUT2D eigenvalue weighted by atomic mass is 16.1. The lowest BCUT2D eigenvalue weighted by atomic mass is 10.1. The Hall–Kier alpha value is -2.76. The predicted molar refractivity (Wildman–Crippen MR) is 74.2 cm³/mol. The van der Waals surface area contributed by atoms with E-state index in [0.29, 0.717) is 11.3 Å². The van der Waals surface area contributed by atoms with Crippen molar-refractivity contribution in [2.24, 2.45) is 5.73 Å². The number of carbonyl (C=O) groups is 1. The summed E-state index contributed by atoms with van der Waals surface area (Å²) in [7, 11) is 0. The van der Waals surface area contributed by atoms with Gasteiger partial charge in [-0.3, -0.25) is 4.79 Å². The second kappa shape index (κ2) is 4.41. The number of amides is 1. The van der Waals surface area contributed by atoms with Gasteiger partial charge < -0.3 is 5.73 Å². The molecule has 2 N–H and O–H groups in total. The van der Waals surface area contributed by atoms with E-state index in [4.69, 9.17) is 5.73 Å².